The molecule has 1 aliphatic heterocycles. The van der Waals surface area contributed by atoms with Crippen LogP contribution in [0.4, 0.5) is 0 Å². The quantitative estimate of drug-likeness (QED) is 0.118. The van der Waals surface area contributed by atoms with Crippen molar-refractivity contribution in [2.24, 2.45) is 62.9 Å². The van der Waals surface area contributed by atoms with E-state index in [0.29, 0.717) is 18.8 Å². The van der Waals surface area contributed by atoms with Crippen molar-refractivity contribution in [2.45, 2.75) is 154 Å². The normalized spacial score (nSPS) is 49.8. The number of aliphatic hydroxyl groups excluding tert-OH is 4. The van der Waals surface area contributed by atoms with Crippen LogP contribution in [0.2, 0.25) is 0 Å². The maximum atomic E-state index is 14.5. The van der Waals surface area contributed by atoms with Crippen LogP contribution in [0, 0.1) is 57.2 Å². The van der Waals surface area contributed by atoms with Gasteiger partial charge in [0.2, 0.25) is 0 Å². The lowest BCUT2D eigenvalue weighted by Crippen LogP contribution is -2.69. The molecular formula is C39H63NO10. The van der Waals surface area contributed by atoms with Crippen molar-refractivity contribution < 1.29 is 49.3 Å². The third-order valence-corrected chi connectivity index (χ3v) is 15.9. The minimum absolute atomic E-state index is 0.0401. The molecule has 0 bridgehead atoms. The predicted molar refractivity (Wildman–Crippen MR) is 184 cm³/mol. The van der Waals surface area contributed by atoms with E-state index in [2.05, 4.69) is 34.3 Å². The maximum Gasteiger partial charge on any atom is 0.303 e. The van der Waals surface area contributed by atoms with E-state index in [0.717, 1.165) is 32.1 Å². The number of carbonyl (C=O) groups excluding carboxylic acids is 2. The second-order valence-corrected chi connectivity index (χ2v) is 18.6. The summed E-state index contributed by atoms with van der Waals surface area (Å²) in [6.07, 6.45) is -0.182. The molecule has 6 aliphatic rings. The van der Waals surface area contributed by atoms with Crippen LogP contribution < -0.4 is 5.73 Å². The van der Waals surface area contributed by atoms with Crippen molar-refractivity contribution in [3.05, 3.63) is 12.7 Å². The Hall–Kier alpha value is -1.44. The Morgan fingerprint density at radius 2 is 1.68 bits per heavy atom. The first-order valence-corrected chi connectivity index (χ1v) is 18.9. The van der Waals surface area contributed by atoms with Crippen LogP contribution in [-0.4, -0.2) is 97.9 Å². The van der Waals surface area contributed by atoms with Gasteiger partial charge in [-0.1, -0.05) is 40.7 Å². The lowest BCUT2D eigenvalue weighted by Gasteiger charge is -2.62. The zero-order valence-corrected chi connectivity index (χ0v) is 31.3. The molecule has 1 heterocycles. The Balaban J connectivity index is 1.26. The highest BCUT2D eigenvalue weighted by molar-refractivity contribution is 5.97. The molecule has 11 nitrogen and oxygen atoms in total. The number of ketones is 1. The SMILES string of the molecule is C=CC(CC(C)C1C(O)C(=O)C2(N)C3CCC4C(C)(C)C(OC5OCC(O)C(O)C5O)CCC45C(C)C35CCC12C)C(OC(C)=O)C(C)(C)O. The fourth-order valence-corrected chi connectivity index (χ4v) is 13.7. The molecular weight excluding hydrogens is 642 g/mol. The van der Waals surface area contributed by atoms with Crippen LogP contribution in [-0.2, 0) is 23.8 Å². The molecule has 6 rings (SSSR count). The van der Waals surface area contributed by atoms with Crippen molar-refractivity contribution in [3.8, 4) is 0 Å². The summed E-state index contributed by atoms with van der Waals surface area (Å²) in [6, 6.07) is 0. The molecule has 0 aromatic rings. The number of carbonyl (C=O) groups is 2. The summed E-state index contributed by atoms with van der Waals surface area (Å²) in [5.41, 5.74) is 3.88. The van der Waals surface area contributed by atoms with Gasteiger partial charge in [-0.25, -0.2) is 0 Å². The molecule has 5 saturated carbocycles. The highest BCUT2D eigenvalue weighted by atomic mass is 16.7. The summed E-state index contributed by atoms with van der Waals surface area (Å²) in [5, 5.41) is 53.7. The second kappa shape index (κ2) is 12.3. The van der Waals surface area contributed by atoms with Crippen LogP contribution >= 0.6 is 0 Å². The number of rotatable bonds is 9. The van der Waals surface area contributed by atoms with E-state index in [4.69, 9.17) is 19.9 Å². The number of nitrogens with two attached hydrogens (primary N) is 1. The van der Waals surface area contributed by atoms with E-state index in [1.54, 1.807) is 19.9 Å². The molecule has 0 amide bonds. The summed E-state index contributed by atoms with van der Waals surface area (Å²) in [4.78, 5) is 26.5. The Morgan fingerprint density at radius 3 is 2.28 bits per heavy atom. The van der Waals surface area contributed by atoms with Crippen LogP contribution in [0.3, 0.4) is 0 Å². The van der Waals surface area contributed by atoms with Gasteiger partial charge >= 0.3 is 5.97 Å². The fraction of sp³-hybridized carbons (Fsp3) is 0.897. The minimum Gasteiger partial charge on any atom is -0.459 e. The Kier molecular flexibility index (Phi) is 9.42. The smallest absolute Gasteiger partial charge is 0.303 e. The van der Waals surface area contributed by atoms with Gasteiger partial charge in [-0.2, -0.15) is 0 Å². The number of Topliss-reactive ketones (excluding diaryl/α,β-unsaturated/α-hetero) is 1. The summed E-state index contributed by atoms with van der Waals surface area (Å²) in [7, 11) is 0. The van der Waals surface area contributed by atoms with E-state index >= 15 is 0 Å². The molecule has 5 aliphatic carbocycles. The minimum atomic E-state index is -1.35. The molecule has 1 saturated heterocycles. The van der Waals surface area contributed by atoms with Crippen molar-refractivity contribution in [1.29, 1.82) is 0 Å². The first-order chi connectivity index (χ1) is 23.1. The van der Waals surface area contributed by atoms with Crippen molar-refractivity contribution in [3.63, 3.8) is 0 Å². The molecule has 11 heteroatoms. The second-order valence-electron chi connectivity index (χ2n) is 18.6. The summed E-state index contributed by atoms with van der Waals surface area (Å²) >= 11 is 0. The van der Waals surface area contributed by atoms with Gasteiger partial charge in [0.15, 0.2) is 12.1 Å². The Bertz CT molecular complexity index is 1360. The number of hydrogen-bond acceptors (Lipinski definition) is 11. The number of aliphatic hydroxyl groups is 5. The highest BCUT2D eigenvalue weighted by Crippen LogP contribution is 2.89. The van der Waals surface area contributed by atoms with Crippen molar-refractivity contribution in [1.82, 2.24) is 0 Å². The number of ether oxygens (including phenoxy) is 3. The largest absolute Gasteiger partial charge is 0.459 e. The van der Waals surface area contributed by atoms with Crippen molar-refractivity contribution in [2.75, 3.05) is 6.61 Å². The van der Waals surface area contributed by atoms with Gasteiger partial charge in [0, 0.05) is 18.8 Å². The molecule has 7 N–H and O–H groups in total. The average molecular weight is 706 g/mol. The lowest BCUT2D eigenvalue weighted by molar-refractivity contribution is -0.302. The Labute approximate surface area is 297 Å². The van der Waals surface area contributed by atoms with E-state index in [1.165, 1.54) is 6.92 Å². The predicted octanol–water partition coefficient (Wildman–Crippen LogP) is 2.87. The molecule has 50 heavy (non-hydrogen) atoms. The molecule has 284 valence electrons. The van der Waals surface area contributed by atoms with E-state index in [9.17, 15) is 35.1 Å². The number of fused-ring (bicyclic) bond motifs is 2. The molecule has 2 spiro atoms. The zero-order valence-electron chi connectivity index (χ0n) is 31.3. The summed E-state index contributed by atoms with van der Waals surface area (Å²) < 4.78 is 17.7. The van der Waals surface area contributed by atoms with Crippen LogP contribution in [0.5, 0.6) is 0 Å². The zero-order chi connectivity index (χ0) is 37.1. The molecule has 17 atom stereocenters. The standard InChI is InChI=1S/C39H63NO10/c1-10-22(32(35(7,8)47)49-21(4)41)17-19(2)27-29(44)31(46)39(40)25-12-11-24-34(5,6)26(50-33-30(45)28(43)23(42)18-48-33)13-14-37(24)20(3)38(25,37)16-15-36(27,39)9/h10,19-20,22-30,32-33,42-45,47H,1,11-18,40H2,2-9H3. The van der Waals surface area contributed by atoms with Gasteiger partial charge in [0.25, 0.3) is 0 Å². The van der Waals surface area contributed by atoms with E-state index in [1.807, 2.05) is 6.92 Å². The van der Waals surface area contributed by atoms with E-state index < -0.39 is 71.2 Å². The van der Waals surface area contributed by atoms with Crippen LogP contribution in [0.25, 0.3) is 0 Å². The van der Waals surface area contributed by atoms with Gasteiger partial charge < -0.3 is 45.5 Å². The monoisotopic (exact) mass is 705 g/mol. The topological polar surface area (TPSA) is 189 Å². The maximum absolute atomic E-state index is 14.5. The van der Waals surface area contributed by atoms with Gasteiger partial charge in [-0.15, -0.1) is 6.58 Å². The molecule has 0 aromatic heterocycles. The lowest BCUT2D eigenvalue weighted by atomic mass is 9.43. The average Bonchev–Trinajstić information content (AvgIpc) is 3.51. The highest BCUT2D eigenvalue weighted by Gasteiger charge is 2.88. The number of esters is 1. The summed E-state index contributed by atoms with van der Waals surface area (Å²) in [5.74, 6) is -1.26. The van der Waals surface area contributed by atoms with Crippen LogP contribution in [0.1, 0.15) is 100 Å². The van der Waals surface area contributed by atoms with Crippen LogP contribution in [0.15, 0.2) is 12.7 Å². The first kappa shape index (κ1) is 38.3. The Morgan fingerprint density at radius 1 is 1.06 bits per heavy atom. The van der Waals surface area contributed by atoms with Gasteiger partial charge in [0.1, 0.15) is 30.5 Å². The molecule has 6 fully saturated rings. The van der Waals surface area contributed by atoms with Gasteiger partial charge in [-0.3, -0.25) is 9.59 Å². The third-order valence-electron chi connectivity index (χ3n) is 15.9. The van der Waals surface area contributed by atoms with Gasteiger partial charge in [0.05, 0.1) is 23.9 Å². The molecule has 0 aromatic carbocycles. The molecule has 0 radical (unpaired) electrons. The summed E-state index contributed by atoms with van der Waals surface area (Å²) in [6.45, 7) is 19.3. The fourth-order valence-electron chi connectivity index (χ4n) is 13.7. The molecule has 17 unspecified atom stereocenters. The van der Waals surface area contributed by atoms with Crippen molar-refractivity contribution >= 4 is 11.8 Å². The first-order valence-electron chi connectivity index (χ1n) is 18.9. The third kappa shape index (κ3) is 4.96. The van der Waals surface area contributed by atoms with E-state index in [-0.39, 0.29) is 52.5 Å². The van der Waals surface area contributed by atoms with Gasteiger partial charge in [-0.05, 0) is 104 Å². The number of hydrogen-bond donors (Lipinski definition) is 6.